The zero-order valence-electron chi connectivity index (χ0n) is 12.8. The molecule has 1 amide bonds. The number of allylic oxidation sites excluding steroid dienone is 2. The van der Waals surface area contributed by atoms with E-state index < -0.39 is 6.09 Å². The van der Waals surface area contributed by atoms with Gasteiger partial charge < -0.3 is 20.3 Å². The maximum absolute atomic E-state index is 11.4. The van der Waals surface area contributed by atoms with E-state index in [2.05, 4.69) is 6.08 Å². The fraction of sp³-hybridized carbons (Fsp3) is 0.800. The van der Waals surface area contributed by atoms with E-state index in [4.69, 9.17) is 15.2 Å². The van der Waals surface area contributed by atoms with Gasteiger partial charge in [0.1, 0.15) is 0 Å². The van der Waals surface area contributed by atoms with Crippen LogP contribution in [0, 0.1) is 0 Å². The Labute approximate surface area is 126 Å². The molecule has 21 heavy (non-hydrogen) atoms. The molecule has 0 bridgehead atoms. The fourth-order valence-corrected chi connectivity index (χ4v) is 2.34. The first-order valence-corrected chi connectivity index (χ1v) is 7.80. The molecule has 0 atom stereocenters. The lowest BCUT2D eigenvalue weighted by molar-refractivity contribution is 0.0439. The summed E-state index contributed by atoms with van der Waals surface area (Å²) in [6.07, 6.45) is 7.60. The molecule has 1 aliphatic rings. The van der Waals surface area contributed by atoms with Crippen molar-refractivity contribution in [1.29, 1.82) is 0 Å². The van der Waals surface area contributed by atoms with Gasteiger partial charge in [0.05, 0.1) is 33.0 Å². The SMILES string of the molecule is NCCOCCOCCN(C(=O)O)C1=CCCCCCC1. The molecule has 0 aromatic heterocycles. The average molecular weight is 300 g/mol. The van der Waals surface area contributed by atoms with Gasteiger partial charge in [0, 0.05) is 12.2 Å². The van der Waals surface area contributed by atoms with Gasteiger partial charge in [-0.25, -0.2) is 4.79 Å². The van der Waals surface area contributed by atoms with Gasteiger partial charge in [-0.05, 0) is 25.7 Å². The van der Waals surface area contributed by atoms with Crippen LogP contribution in [0.2, 0.25) is 0 Å². The van der Waals surface area contributed by atoms with E-state index in [-0.39, 0.29) is 0 Å². The number of nitrogens with zero attached hydrogens (tertiary/aromatic N) is 1. The van der Waals surface area contributed by atoms with Crippen LogP contribution in [0.5, 0.6) is 0 Å². The quantitative estimate of drug-likeness (QED) is 0.638. The van der Waals surface area contributed by atoms with Crippen molar-refractivity contribution in [3.05, 3.63) is 11.8 Å². The summed E-state index contributed by atoms with van der Waals surface area (Å²) in [5, 5.41) is 9.35. The topological polar surface area (TPSA) is 85.0 Å². The Morgan fingerprint density at radius 3 is 2.57 bits per heavy atom. The Morgan fingerprint density at radius 1 is 1.14 bits per heavy atom. The molecule has 3 N–H and O–H groups in total. The van der Waals surface area contributed by atoms with Crippen molar-refractivity contribution in [3.8, 4) is 0 Å². The molecule has 0 spiro atoms. The van der Waals surface area contributed by atoms with E-state index in [0.717, 1.165) is 31.4 Å². The van der Waals surface area contributed by atoms with Crippen LogP contribution in [0.25, 0.3) is 0 Å². The van der Waals surface area contributed by atoms with Crippen molar-refractivity contribution in [2.75, 3.05) is 39.5 Å². The fourth-order valence-electron chi connectivity index (χ4n) is 2.34. The van der Waals surface area contributed by atoms with E-state index in [0.29, 0.717) is 39.5 Å². The molecule has 1 rings (SSSR count). The smallest absolute Gasteiger partial charge is 0.411 e. The zero-order chi connectivity index (χ0) is 15.3. The maximum atomic E-state index is 11.4. The molecular formula is C15H28N2O4. The number of carboxylic acid groups (broad SMARTS) is 1. The van der Waals surface area contributed by atoms with E-state index in [9.17, 15) is 9.90 Å². The van der Waals surface area contributed by atoms with E-state index in [1.165, 1.54) is 17.7 Å². The molecule has 6 nitrogen and oxygen atoms in total. The van der Waals surface area contributed by atoms with E-state index >= 15 is 0 Å². The predicted octanol–water partition coefficient (Wildman–Crippen LogP) is 2.20. The van der Waals surface area contributed by atoms with Crippen molar-refractivity contribution in [2.24, 2.45) is 5.73 Å². The number of rotatable bonds is 9. The highest BCUT2D eigenvalue weighted by atomic mass is 16.5. The lowest BCUT2D eigenvalue weighted by Gasteiger charge is -2.24. The van der Waals surface area contributed by atoms with E-state index in [1.807, 2.05) is 0 Å². The number of amides is 1. The van der Waals surface area contributed by atoms with Gasteiger partial charge >= 0.3 is 6.09 Å². The van der Waals surface area contributed by atoms with Gasteiger partial charge in [0.2, 0.25) is 0 Å². The summed E-state index contributed by atoms with van der Waals surface area (Å²) in [6.45, 7) is 2.74. The summed E-state index contributed by atoms with van der Waals surface area (Å²) in [6, 6.07) is 0. The van der Waals surface area contributed by atoms with Crippen LogP contribution < -0.4 is 5.73 Å². The van der Waals surface area contributed by atoms with E-state index in [1.54, 1.807) is 0 Å². The molecule has 122 valence electrons. The molecule has 0 aromatic rings. The third-order valence-electron chi connectivity index (χ3n) is 3.44. The second-order valence-electron chi connectivity index (χ2n) is 5.10. The Balaban J connectivity index is 2.30. The first kappa shape index (κ1) is 17.9. The van der Waals surface area contributed by atoms with Crippen LogP contribution >= 0.6 is 0 Å². The maximum Gasteiger partial charge on any atom is 0.411 e. The summed E-state index contributed by atoms with van der Waals surface area (Å²) < 4.78 is 10.6. The Morgan fingerprint density at radius 2 is 1.86 bits per heavy atom. The molecular weight excluding hydrogens is 272 g/mol. The molecule has 0 heterocycles. The second kappa shape index (κ2) is 11.5. The van der Waals surface area contributed by atoms with Crippen molar-refractivity contribution in [1.82, 2.24) is 4.90 Å². The summed E-state index contributed by atoms with van der Waals surface area (Å²) in [7, 11) is 0. The Kier molecular flexibility index (Phi) is 9.86. The minimum atomic E-state index is -0.898. The van der Waals surface area contributed by atoms with Gasteiger partial charge in [0.15, 0.2) is 0 Å². The average Bonchev–Trinajstić information content (AvgIpc) is 2.42. The largest absolute Gasteiger partial charge is 0.465 e. The number of hydrogen-bond donors (Lipinski definition) is 2. The molecule has 0 saturated heterocycles. The molecule has 0 aromatic carbocycles. The van der Waals surface area contributed by atoms with Crippen LogP contribution in [0.15, 0.2) is 11.8 Å². The first-order valence-electron chi connectivity index (χ1n) is 7.80. The predicted molar refractivity (Wildman–Crippen MR) is 81.2 cm³/mol. The van der Waals surface area contributed by atoms with Crippen molar-refractivity contribution >= 4 is 6.09 Å². The number of hydrogen-bond acceptors (Lipinski definition) is 4. The summed E-state index contributed by atoms with van der Waals surface area (Å²) >= 11 is 0. The van der Waals surface area contributed by atoms with Gasteiger partial charge in [0.25, 0.3) is 0 Å². The Hall–Kier alpha value is -1.11. The minimum Gasteiger partial charge on any atom is -0.465 e. The third-order valence-corrected chi connectivity index (χ3v) is 3.44. The Bertz CT molecular complexity index is 321. The number of ether oxygens (including phenoxy) is 2. The molecule has 0 unspecified atom stereocenters. The van der Waals surface area contributed by atoms with Gasteiger partial charge in [-0.1, -0.05) is 18.9 Å². The monoisotopic (exact) mass is 300 g/mol. The first-order chi connectivity index (χ1) is 10.3. The van der Waals surface area contributed by atoms with Crippen molar-refractivity contribution in [3.63, 3.8) is 0 Å². The molecule has 0 radical (unpaired) electrons. The van der Waals surface area contributed by atoms with Gasteiger partial charge in [-0.3, -0.25) is 4.90 Å². The van der Waals surface area contributed by atoms with Crippen LogP contribution in [-0.2, 0) is 9.47 Å². The highest BCUT2D eigenvalue weighted by Crippen LogP contribution is 2.20. The molecule has 6 heteroatoms. The molecule has 0 saturated carbocycles. The highest BCUT2D eigenvalue weighted by molar-refractivity contribution is 5.67. The standard InChI is InChI=1S/C15H28N2O4/c16-8-10-20-12-13-21-11-9-17(15(18)19)14-6-4-2-1-3-5-7-14/h6H,1-5,7-13,16H2,(H,18,19). The normalized spacial score (nSPS) is 16.0. The molecule has 0 fully saturated rings. The second-order valence-corrected chi connectivity index (χ2v) is 5.10. The number of nitrogens with two attached hydrogens (primary N) is 1. The van der Waals surface area contributed by atoms with Crippen molar-refractivity contribution in [2.45, 2.75) is 38.5 Å². The van der Waals surface area contributed by atoms with Crippen LogP contribution in [0.1, 0.15) is 38.5 Å². The highest BCUT2D eigenvalue weighted by Gasteiger charge is 2.17. The molecule has 0 aliphatic heterocycles. The lowest BCUT2D eigenvalue weighted by atomic mass is 10.0. The summed E-state index contributed by atoms with van der Waals surface area (Å²) in [4.78, 5) is 12.8. The summed E-state index contributed by atoms with van der Waals surface area (Å²) in [5.74, 6) is 0. The minimum absolute atomic E-state index is 0.373. The van der Waals surface area contributed by atoms with Crippen LogP contribution in [-0.4, -0.2) is 55.6 Å². The number of carbonyl (C=O) groups is 1. The molecule has 1 aliphatic carbocycles. The van der Waals surface area contributed by atoms with Gasteiger partial charge in [-0.2, -0.15) is 0 Å². The van der Waals surface area contributed by atoms with Gasteiger partial charge in [-0.15, -0.1) is 0 Å². The van der Waals surface area contributed by atoms with Crippen LogP contribution in [0.4, 0.5) is 4.79 Å². The zero-order valence-corrected chi connectivity index (χ0v) is 12.8. The van der Waals surface area contributed by atoms with Crippen LogP contribution in [0.3, 0.4) is 0 Å². The summed E-state index contributed by atoms with van der Waals surface area (Å²) in [5.41, 5.74) is 6.23. The van der Waals surface area contributed by atoms with Crippen molar-refractivity contribution < 1.29 is 19.4 Å². The lowest BCUT2D eigenvalue weighted by Crippen LogP contribution is -2.32. The third kappa shape index (κ3) is 8.04.